The van der Waals surface area contributed by atoms with Gasteiger partial charge in [-0.05, 0) is 30.5 Å². The van der Waals surface area contributed by atoms with Crippen molar-refractivity contribution in [3.8, 4) is 5.75 Å². The van der Waals surface area contributed by atoms with E-state index in [1.165, 1.54) is 18.2 Å². The Morgan fingerprint density at radius 2 is 2.05 bits per heavy atom. The minimum Gasteiger partial charge on any atom is -0.506 e. The molecule has 1 unspecified atom stereocenters. The Morgan fingerprint density at radius 3 is 2.64 bits per heavy atom. The number of amides is 1. The number of hydrogen-bond donors (Lipinski definition) is 3. The zero-order chi connectivity index (χ0) is 16.5. The first kappa shape index (κ1) is 17.8. The number of carboxylic acids is 1. The number of nitrogens with one attached hydrogen (secondary N) is 1. The smallest absolute Gasteiger partial charge is 0.411 e. The summed E-state index contributed by atoms with van der Waals surface area (Å²) in [6.45, 7) is 4.46. The minimum absolute atomic E-state index is 0.0199. The van der Waals surface area contributed by atoms with Crippen molar-refractivity contribution in [2.45, 2.75) is 39.5 Å². The standard InChI is InChI=1S/C16H23NO5/c1-3-5-6-11(4-2)10-22-16(21)17-13-9-12(15(19)20)7-8-14(13)18/h7-9,11,18H,3-6,10H2,1-2H3,(H,17,21)(H,19,20). The number of phenolic OH excluding ortho intramolecular Hbond substituents is 1. The minimum atomic E-state index is -1.14. The molecule has 1 aromatic carbocycles. The van der Waals surface area contributed by atoms with Crippen molar-refractivity contribution in [2.75, 3.05) is 11.9 Å². The van der Waals surface area contributed by atoms with E-state index in [9.17, 15) is 14.7 Å². The second-order valence-electron chi connectivity index (χ2n) is 5.18. The molecule has 0 heterocycles. The van der Waals surface area contributed by atoms with Crippen LogP contribution in [0.1, 0.15) is 49.9 Å². The van der Waals surface area contributed by atoms with Crippen molar-refractivity contribution in [1.82, 2.24) is 0 Å². The first-order valence-electron chi connectivity index (χ1n) is 7.48. The van der Waals surface area contributed by atoms with Gasteiger partial charge in [0, 0.05) is 0 Å². The summed E-state index contributed by atoms with van der Waals surface area (Å²) in [5.74, 6) is -1.04. The molecule has 0 aliphatic rings. The lowest BCUT2D eigenvalue weighted by atomic mass is 10.0. The van der Waals surface area contributed by atoms with Crippen LogP contribution in [0.15, 0.2) is 18.2 Å². The van der Waals surface area contributed by atoms with E-state index in [4.69, 9.17) is 9.84 Å². The van der Waals surface area contributed by atoms with Crippen LogP contribution in [0.25, 0.3) is 0 Å². The van der Waals surface area contributed by atoms with E-state index in [-0.39, 0.29) is 17.0 Å². The molecule has 0 fully saturated rings. The molecule has 1 aromatic rings. The molecule has 22 heavy (non-hydrogen) atoms. The second-order valence-corrected chi connectivity index (χ2v) is 5.18. The van der Waals surface area contributed by atoms with E-state index < -0.39 is 12.1 Å². The maximum Gasteiger partial charge on any atom is 0.411 e. The Hall–Kier alpha value is -2.24. The number of benzene rings is 1. The van der Waals surface area contributed by atoms with E-state index in [0.29, 0.717) is 12.5 Å². The van der Waals surface area contributed by atoms with Crippen LogP contribution in [0.3, 0.4) is 0 Å². The number of aromatic carboxylic acids is 1. The van der Waals surface area contributed by atoms with Crippen LogP contribution in [-0.2, 0) is 4.74 Å². The molecule has 0 radical (unpaired) electrons. The van der Waals surface area contributed by atoms with E-state index in [1.807, 2.05) is 6.92 Å². The third-order valence-electron chi connectivity index (χ3n) is 3.47. The van der Waals surface area contributed by atoms with Gasteiger partial charge in [-0.25, -0.2) is 9.59 Å². The van der Waals surface area contributed by atoms with Crippen LogP contribution in [0.2, 0.25) is 0 Å². The van der Waals surface area contributed by atoms with Crippen LogP contribution in [0.4, 0.5) is 10.5 Å². The normalized spacial score (nSPS) is 11.7. The quantitative estimate of drug-likeness (QED) is 0.634. The summed E-state index contributed by atoms with van der Waals surface area (Å²) in [5.41, 5.74) is -0.00557. The summed E-state index contributed by atoms with van der Waals surface area (Å²) in [7, 11) is 0. The van der Waals surface area contributed by atoms with Gasteiger partial charge in [-0.2, -0.15) is 0 Å². The van der Waals surface area contributed by atoms with E-state index in [0.717, 1.165) is 25.7 Å². The highest BCUT2D eigenvalue weighted by molar-refractivity contribution is 5.92. The fourth-order valence-electron chi connectivity index (χ4n) is 2.01. The van der Waals surface area contributed by atoms with Crippen molar-refractivity contribution in [2.24, 2.45) is 5.92 Å². The van der Waals surface area contributed by atoms with Gasteiger partial charge in [-0.1, -0.05) is 33.1 Å². The molecule has 0 saturated heterocycles. The predicted molar refractivity (Wildman–Crippen MR) is 83.3 cm³/mol. The van der Waals surface area contributed by atoms with Crippen LogP contribution >= 0.6 is 0 Å². The summed E-state index contributed by atoms with van der Waals surface area (Å²) >= 11 is 0. The van der Waals surface area contributed by atoms with E-state index in [1.54, 1.807) is 0 Å². The van der Waals surface area contributed by atoms with Gasteiger partial charge in [0.15, 0.2) is 0 Å². The van der Waals surface area contributed by atoms with Gasteiger partial charge in [-0.3, -0.25) is 5.32 Å². The average Bonchev–Trinajstić information content (AvgIpc) is 2.49. The molecule has 1 rings (SSSR count). The van der Waals surface area contributed by atoms with E-state index in [2.05, 4.69) is 12.2 Å². The number of rotatable bonds is 8. The highest BCUT2D eigenvalue weighted by Gasteiger charge is 2.13. The largest absolute Gasteiger partial charge is 0.506 e. The van der Waals surface area contributed by atoms with Gasteiger partial charge >= 0.3 is 12.1 Å². The highest BCUT2D eigenvalue weighted by Crippen LogP contribution is 2.24. The number of carbonyl (C=O) groups is 2. The molecule has 1 atom stereocenters. The SMILES string of the molecule is CCCCC(CC)COC(=O)Nc1cc(C(=O)O)ccc1O. The number of carboxylic acid groups (broad SMARTS) is 1. The third kappa shape index (κ3) is 5.63. The molecule has 0 aliphatic heterocycles. The van der Waals surface area contributed by atoms with Gasteiger partial charge < -0.3 is 14.9 Å². The van der Waals surface area contributed by atoms with Gasteiger partial charge in [0.05, 0.1) is 17.9 Å². The van der Waals surface area contributed by atoms with Gasteiger partial charge in [0.1, 0.15) is 5.75 Å². The molecule has 1 amide bonds. The fourth-order valence-corrected chi connectivity index (χ4v) is 2.01. The zero-order valence-corrected chi connectivity index (χ0v) is 13.0. The van der Waals surface area contributed by atoms with Crippen molar-refractivity contribution in [3.63, 3.8) is 0 Å². The summed E-state index contributed by atoms with van der Waals surface area (Å²) in [4.78, 5) is 22.6. The molecule has 0 aliphatic carbocycles. The molecule has 3 N–H and O–H groups in total. The fraction of sp³-hybridized carbons (Fsp3) is 0.500. The molecule has 0 aromatic heterocycles. The first-order chi connectivity index (χ1) is 10.5. The summed E-state index contributed by atoms with van der Waals surface area (Å²) in [6.07, 6.45) is 3.41. The highest BCUT2D eigenvalue weighted by atomic mass is 16.5. The van der Waals surface area contributed by atoms with Gasteiger partial charge in [0.25, 0.3) is 0 Å². The topological polar surface area (TPSA) is 95.9 Å². The van der Waals surface area contributed by atoms with Gasteiger partial charge in [-0.15, -0.1) is 0 Å². The second kappa shape index (κ2) is 8.92. The number of anilines is 1. The van der Waals surface area contributed by atoms with Crippen LogP contribution in [0, 0.1) is 5.92 Å². The number of hydrogen-bond acceptors (Lipinski definition) is 4. The lowest BCUT2D eigenvalue weighted by Gasteiger charge is -2.15. The molecule has 0 saturated carbocycles. The maximum atomic E-state index is 11.7. The Balaban J connectivity index is 2.57. The zero-order valence-electron chi connectivity index (χ0n) is 13.0. The summed E-state index contributed by atoms with van der Waals surface area (Å²) in [5, 5.41) is 20.9. The van der Waals surface area contributed by atoms with Crippen molar-refractivity contribution in [1.29, 1.82) is 0 Å². The molecular weight excluding hydrogens is 286 g/mol. The molecular formula is C16H23NO5. The Labute approximate surface area is 130 Å². The third-order valence-corrected chi connectivity index (χ3v) is 3.47. The number of aromatic hydroxyl groups is 1. The molecule has 6 heteroatoms. The summed E-state index contributed by atoms with van der Waals surface area (Å²) < 4.78 is 5.14. The van der Waals surface area contributed by atoms with Crippen molar-refractivity contribution >= 4 is 17.7 Å². The predicted octanol–water partition coefficient (Wildman–Crippen LogP) is 3.86. The lowest BCUT2D eigenvalue weighted by molar-refractivity contribution is 0.0696. The maximum absolute atomic E-state index is 11.7. The van der Waals surface area contributed by atoms with Crippen molar-refractivity contribution in [3.05, 3.63) is 23.8 Å². The summed E-state index contributed by atoms with van der Waals surface area (Å²) in [6, 6.07) is 3.66. The average molecular weight is 309 g/mol. The molecule has 0 spiro atoms. The van der Waals surface area contributed by atoms with Crippen LogP contribution in [-0.4, -0.2) is 28.9 Å². The van der Waals surface area contributed by atoms with Crippen molar-refractivity contribution < 1.29 is 24.5 Å². The Bertz CT molecular complexity index is 515. The monoisotopic (exact) mass is 309 g/mol. The van der Waals surface area contributed by atoms with E-state index >= 15 is 0 Å². The first-order valence-corrected chi connectivity index (χ1v) is 7.48. The lowest BCUT2D eigenvalue weighted by Crippen LogP contribution is -2.19. The number of ether oxygens (including phenoxy) is 1. The Kier molecular flexibility index (Phi) is 7.22. The van der Waals surface area contributed by atoms with Gasteiger partial charge in [0.2, 0.25) is 0 Å². The number of unbranched alkanes of at least 4 members (excludes halogenated alkanes) is 1. The van der Waals surface area contributed by atoms with Crippen LogP contribution in [0.5, 0.6) is 5.75 Å². The van der Waals surface area contributed by atoms with Crippen LogP contribution < -0.4 is 5.32 Å². The molecule has 0 bridgehead atoms. The number of carbonyl (C=O) groups excluding carboxylic acids is 1. The molecule has 122 valence electrons. The number of phenols is 1. The molecule has 6 nitrogen and oxygen atoms in total. The Morgan fingerprint density at radius 1 is 1.32 bits per heavy atom.